The standard InChI is InChI=1S/C26H24ClFN6O3S.ClH/c27-19-8-1-2-11-23(19)38(35,36)34-21-9-3-10-22(24(21)28)37-25-18(7-5-14-30-25)20-12-15-31-26(33-20)32-17-6-4-13-29-16-17;/h1-3,5,7-12,14-15,17,29,34H,4,6,13,16H2,(H,31,32,33);1H. The van der Waals surface area contributed by atoms with E-state index >= 15 is 4.39 Å². The average Bonchev–Trinajstić information content (AvgIpc) is 2.92. The first-order valence-electron chi connectivity index (χ1n) is 11.9. The lowest BCUT2D eigenvalue weighted by atomic mass is 10.1. The van der Waals surface area contributed by atoms with Crippen LogP contribution in [0.4, 0.5) is 16.0 Å². The minimum Gasteiger partial charge on any atom is -0.435 e. The van der Waals surface area contributed by atoms with E-state index in [-0.39, 0.29) is 45.7 Å². The van der Waals surface area contributed by atoms with Gasteiger partial charge in [0.15, 0.2) is 11.6 Å². The van der Waals surface area contributed by atoms with Crippen LogP contribution in [0.3, 0.4) is 0 Å². The first-order valence-corrected chi connectivity index (χ1v) is 13.8. The number of benzene rings is 2. The zero-order valence-electron chi connectivity index (χ0n) is 20.5. The van der Waals surface area contributed by atoms with Crippen molar-refractivity contribution in [2.45, 2.75) is 23.8 Å². The van der Waals surface area contributed by atoms with Crippen molar-refractivity contribution in [1.82, 2.24) is 20.3 Å². The van der Waals surface area contributed by atoms with Crippen LogP contribution in [0.5, 0.6) is 11.6 Å². The second kappa shape index (κ2) is 12.6. The Hall–Kier alpha value is -3.51. The van der Waals surface area contributed by atoms with Crippen LogP contribution in [0.2, 0.25) is 5.02 Å². The zero-order chi connectivity index (χ0) is 26.5. The fourth-order valence-corrected chi connectivity index (χ4v) is 5.62. The molecule has 39 heavy (non-hydrogen) atoms. The minimum atomic E-state index is -4.15. The largest absolute Gasteiger partial charge is 0.435 e. The average molecular weight is 591 g/mol. The SMILES string of the molecule is Cl.O=S(=O)(Nc1cccc(Oc2ncccc2-c2ccnc(NC3CCCNC3)n2)c1F)c1ccccc1Cl. The lowest BCUT2D eigenvalue weighted by Crippen LogP contribution is -2.38. The highest BCUT2D eigenvalue weighted by atomic mass is 35.5. The Bertz CT molecular complexity index is 1550. The highest BCUT2D eigenvalue weighted by Crippen LogP contribution is 2.34. The van der Waals surface area contributed by atoms with E-state index in [1.54, 1.807) is 30.5 Å². The number of aromatic nitrogens is 3. The van der Waals surface area contributed by atoms with Crippen LogP contribution < -0.4 is 20.1 Å². The van der Waals surface area contributed by atoms with Crippen molar-refractivity contribution >= 4 is 45.7 Å². The zero-order valence-corrected chi connectivity index (χ0v) is 22.9. The molecular formula is C26H25Cl2FN6O3S. The van der Waals surface area contributed by atoms with Crippen LogP contribution in [-0.4, -0.2) is 42.5 Å². The molecule has 9 nitrogen and oxygen atoms in total. The summed E-state index contributed by atoms with van der Waals surface area (Å²) in [7, 11) is -4.15. The molecule has 1 aliphatic rings. The maximum atomic E-state index is 15.4. The van der Waals surface area contributed by atoms with Crippen molar-refractivity contribution in [3.8, 4) is 22.9 Å². The summed E-state index contributed by atoms with van der Waals surface area (Å²) in [6, 6.07) is 15.4. The molecule has 2 aromatic carbocycles. The van der Waals surface area contributed by atoms with Gasteiger partial charge in [-0.25, -0.2) is 27.8 Å². The van der Waals surface area contributed by atoms with Crippen LogP contribution in [0, 0.1) is 5.82 Å². The van der Waals surface area contributed by atoms with E-state index in [9.17, 15) is 8.42 Å². The Kier molecular flexibility index (Phi) is 9.18. The summed E-state index contributed by atoms with van der Waals surface area (Å²) in [6.07, 6.45) is 5.21. The smallest absolute Gasteiger partial charge is 0.263 e. The molecule has 3 N–H and O–H groups in total. The second-order valence-electron chi connectivity index (χ2n) is 8.56. The second-order valence-corrected chi connectivity index (χ2v) is 10.6. The third kappa shape index (κ3) is 6.74. The minimum absolute atomic E-state index is 0. The van der Waals surface area contributed by atoms with Crippen molar-refractivity contribution in [3.63, 3.8) is 0 Å². The lowest BCUT2D eigenvalue weighted by molar-refractivity contribution is 0.430. The summed E-state index contributed by atoms with van der Waals surface area (Å²) in [5.74, 6) is -0.561. The Morgan fingerprint density at radius 1 is 1.03 bits per heavy atom. The van der Waals surface area contributed by atoms with Gasteiger partial charge in [0.05, 0.1) is 22.0 Å². The van der Waals surface area contributed by atoms with Crippen LogP contribution in [-0.2, 0) is 10.0 Å². The number of piperidine rings is 1. The molecule has 0 amide bonds. The number of pyridine rings is 1. The van der Waals surface area contributed by atoms with Crippen molar-refractivity contribution in [2.75, 3.05) is 23.1 Å². The summed E-state index contributed by atoms with van der Waals surface area (Å²) < 4.78 is 49.1. The normalized spacial score (nSPS) is 15.2. The molecule has 2 aromatic heterocycles. The maximum absolute atomic E-state index is 15.4. The number of halogens is 3. The molecular weight excluding hydrogens is 566 g/mol. The quantitative estimate of drug-likeness (QED) is 0.246. The molecule has 0 radical (unpaired) electrons. The number of hydrogen-bond donors (Lipinski definition) is 3. The highest BCUT2D eigenvalue weighted by Gasteiger charge is 2.22. The van der Waals surface area contributed by atoms with E-state index < -0.39 is 15.8 Å². The van der Waals surface area contributed by atoms with Gasteiger partial charge >= 0.3 is 0 Å². The van der Waals surface area contributed by atoms with Gasteiger partial charge in [0.2, 0.25) is 11.8 Å². The number of rotatable bonds is 8. The van der Waals surface area contributed by atoms with E-state index in [0.29, 0.717) is 17.2 Å². The molecule has 1 fully saturated rings. The monoisotopic (exact) mass is 590 g/mol. The number of hydrogen-bond acceptors (Lipinski definition) is 8. The van der Waals surface area contributed by atoms with E-state index in [1.807, 2.05) is 0 Å². The van der Waals surface area contributed by atoms with Crippen molar-refractivity contribution < 1.29 is 17.5 Å². The molecule has 0 aliphatic carbocycles. The Balaban J connectivity index is 0.00000353. The molecule has 0 bridgehead atoms. The van der Waals surface area contributed by atoms with Gasteiger partial charge in [-0.15, -0.1) is 12.4 Å². The van der Waals surface area contributed by atoms with Crippen molar-refractivity contribution in [3.05, 3.63) is 83.9 Å². The molecule has 1 aliphatic heterocycles. The third-order valence-corrected chi connectivity index (χ3v) is 7.74. The molecule has 1 atom stereocenters. The molecule has 4 aromatic rings. The molecule has 0 saturated carbocycles. The molecule has 5 rings (SSSR count). The van der Waals surface area contributed by atoms with Crippen molar-refractivity contribution in [1.29, 1.82) is 0 Å². The molecule has 13 heteroatoms. The van der Waals surface area contributed by atoms with Gasteiger partial charge in [-0.1, -0.05) is 29.8 Å². The Labute approximate surface area is 236 Å². The van der Waals surface area contributed by atoms with Gasteiger partial charge in [-0.2, -0.15) is 0 Å². The summed E-state index contributed by atoms with van der Waals surface area (Å²) in [5, 5.41) is 6.69. The van der Waals surface area contributed by atoms with E-state index in [0.717, 1.165) is 25.9 Å². The first kappa shape index (κ1) is 28.5. The van der Waals surface area contributed by atoms with Crippen LogP contribution in [0.25, 0.3) is 11.3 Å². The highest BCUT2D eigenvalue weighted by molar-refractivity contribution is 7.92. The summed E-state index contributed by atoms with van der Waals surface area (Å²) in [5.41, 5.74) is 0.751. The summed E-state index contributed by atoms with van der Waals surface area (Å²) in [6.45, 7) is 1.82. The number of sulfonamides is 1. The van der Waals surface area contributed by atoms with Crippen molar-refractivity contribution in [2.24, 2.45) is 0 Å². The third-order valence-electron chi connectivity index (χ3n) is 5.87. The van der Waals surface area contributed by atoms with E-state index in [1.165, 1.54) is 42.6 Å². The molecule has 3 heterocycles. The van der Waals surface area contributed by atoms with E-state index in [2.05, 4.69) is 30.3 Å². The predicted molar refractivity (Wildman–Crippen MR) is 151 cm³/mol. The number of nitrogens with one attached hydrogen (secondary N) is 3. The van der Waals surface area contributed by atoms with Crippen LogP contribution in [0.1, 0.15) is 12.8 Å². The van der Waals surface area contributed by atoms with Crippen LogP contribution >= 0.6 is 24.0 Å². The fraction of sp³-hybridized carbons (Fsp3) is 0.192. The Morgan fingerprint density at radius 2 is 1.87 bits per heavy atom. The maximum Gasteiger partial charge on any atom is 0.263 e. The number of nitrogens with zero attached hydrogens (tertiary/aromatic N) is 3. The van der Waals surface area contributed by atoms with Gasteiger partial charge in [0.1, 0.15) is 4.90 Å². The fourth-order valence-electron chi connectivity index (χ4n) is 4.04. The topological polar surface area (TPSA) is 118 Å². The molecule has 0 spiro atoms. The first-order chi connectivity index (χ1) is 18.4. The number of ether oxygens (including phenoxy) is 1. The van der Waals surface area contributed by atoms with E-state index in [4.69, 9.17) is 16.3 Å². The van der Waals surface area contributed by atoms with Gasteiger partial charge < -0.3 is 15.4 Å². The summed E-state index contributed by atoms with van der Waals surface area (Å²) in [4.78, 5) is 13.0. The number of anilines is 2. The van der Waals surface area contributed by atoms with Gasteiger partial charge in [-0.05, 0) is 61.9 Å². The molecule has 1 saturated heterocycles. The lowest BCUT2D eigenvalue weighted by Gasteiger charge is -2.23. The summed E-state index contributed by atoms with van der Waals surface area (Å²) >= 11 is 6.03. The Morgan fingerprint density at radius 3 is 2.67 bits per heavy atom. The molecule has 204 valence electrons. The van der Waals surface area contributed by atoms with Crippen LogP contribution in [0.15, 0.2) is 78.0 Å². The van der Waals surface area contributed by atoms with Gasteiger partial charge in [-0.3, -0.25) is 4.72 Å². The molecule has 1 unspecified atom stereocenters. The van der Waals surface area contributed by atoms with Gasteiger partial charge in [0, 0.05) is 25.0 Å². The predicted octanol–water partition coefficient (Wildman–Crippen LogP) is 5.51. The van der Waals surface area contributed by atoms with Gasteiger partial charge in [0.25, 0.3) is 10.0 Å².